The van der Waals surface area contributed by atoms with Crippen molar-refractivity contribution in [2.24, 2.45) is 11.8 Å². The average Bonchev–Trinajstić information content (AvgIpc) is 2.15. The Hall–Kier alpha value is -0.0900. The highest BCUT2D eigenvalue weighted by Gasteiger charge is 2.33. The fraction of sp³-hybridized carbons (Fsp3) is 1.00. The molecule has 2 aliphatic carbocycles. The van der Waals surface area contributed by atoms with Crippen molar-refractivity contribution in [3.05, 3.63) is 0 Å². The van der Waals surface area contributed by atoms with Gasteiger partial charge >= 0.3 is 0 Å². The van der Waals surface area contributed by atoms with Crippen molar-refractivity contribution in [3.8, 4) is 0 Å². The number of hydrogen-bond donors (Lipinski definition) is 0. The smallest absolute Gasteiger partial charge is 0.264 e. The van der Waals surface area contributed by atoms with Crippen molar-refractivity contribution < 1.29 is 12.6 Å². The van der Waals surface area contributed by atoms with Crippen LogP contribution in [0.2, 0.25) is 0 Å². The minimum absolute atomic E-state index is 0.0423. The molecule has 0 aromatic heterocycles. The zero-order valence-corrected chi connectivity index (χ0v) is 10.1. The first-order valence-corrected chi connectivity index (χ1v) is 7.74. The highest BCUT2D eigenvalue weighted by Crippen LogP contribution is 2.41. The minimum atomic E-state index is -3.26. The third-order valence-electron chi connectivity index (χ3n) is 3.80. The zero-order valence-electron chi connectivity index (χ0n) is 9.31. The summed E-state index contributed by atoms with van der Waals surface area (Å²) in [7, 11) is -3.26. The summed E-state index contributed by atoms with van der Waals surface area (Å²) in [6, 6.07) is 0. The maximum Gasteiger partial charge on any atom is 0.264 e. The molecule has 2 rings (SSSR count). The molecule has 0 N–H and O–H groups in total. The number of fused-ring (bicyclic) bond motifs is 1. The van der Waals surface area contributed by atoms with Gasteiger partial charge in [-0.05, 0) is 31.1 Å². The van der Waals surface area contributed by atoms with E-state index in [2.05, 4.69) is 0 Å². The van der Waals surface area contributed by atoms with Crippen LogP contribution >= 0.6 is 0 Å². The molecule has 4 heteroatoms. The molecule has 0 heterocycles. The highest BCUT2D eigenvalue weighted by molar-refractivity contribution is 7.86. The van der Waals surface area contributed by atoms with Crippen LogP contribution in [0, 0.1) is 11.8 Å². The molecular formula is C11H20O3S. The molecule has 0 amide bonds. The summed E-state index contributed by atoms with van der Waals surface area (Å²) >= 11 is 0. The predicted octanol–water partition coefficient (Wildman–Crippen LogP) is 2.32. The van der Waals surface area contributed by atoms with E-state index in [0.717, 1.165) is 37.4 Å². The van der Waals surface area contributed by atoms with Gasteiger partial charge in [-0.1, -0.05) is 25.7 Å². The lowest BCUT2D eigenvalue weighted by Gasteiger charge is -2.38. The fourth-order valence-corrected chi connectivity index (χ4v) is 3.83. The first-order chi connectivity index (χ1) is 7.04. The molecule has 0 spiro atoms. The van der Waals surface area contributed by atoms with Gasteiger partial charge in [0.25, 0.3) is 10.1 Å². The number of rotatable bonds is 2. The molecule has 3 nitrogen and oxygen atoms in total. The van der Waals surface area contributed by atoms with Gasteiger partial charge in [0, 0.05) is 0 Å². The van der Waals surface area contributed by atoms with E-state index in [1.807, 2.05) is 0 Å². The van der Waals surface area contributed by atoms with Crippen LogP contribution in [0.5, 0.6) is 0 Å². The molecule has 2 saturated carbocycles. The zero-order chi connectivity index (χ0) is 10.9. The standard InChI is InChI=1S/C11H20O3S/c1-15(12,13)14-11-7-6-9-4-2-3-5-10(9)8-11/h9-11H,2-8H2,1H3. The molecule has 15 heavy (non-hydrogen) atoms. The van der Waals surface area contributed by atoms with Crippen molar-refractivity contribution in [3.63, 3.8) is 0 Å². The van der Waals surface area contributed by atoms with Crippen LogP contribution in [0.15, 0.2) is 0 Å². The minimum Gasteiger partial charge on any atom is -0.267 e. The summed E-state index contributed by atoms with van der Waals surface area (Å²) in [5.74, 6) is 1.57. The van der Waals surface area contributed by atoms with Gasteiger partial charge in [0.2, 0.25) is 0 Å². The Morgan fingerprint density at radius 3 is 2.33 bits per heavy atom. The van der Waals surface area contributed by atoms with Crippen LogP contribution in [-0.4, -0.2) is 20.8 Å². The van der Waals surface area contributed by atoms with Crippen LogP contribution in [0.4, 0.5) is 0 Å². The SMILES string of the molecule is CS(=O)(=O)OC1CCC2CCCCC2C1. The van der Waals surface area contributed by atoms with Crippen molar-refractivity contribution in [2.75, 3.05) is 6.26 Å². The Balaban J connectivity index is 1.91. The van der Waals surface area contributed by atoms with E-state index >= 15 is 0 Å². The van der Waals surface area contributed by atoms with Crippen LogP contribution in [0.25, 0.3) is 0 Å². The molecule has 88 valence electrons. The largest absolute Gasteiger partial charge is 0.267 e. The normalized spacial score (nSPS) is 37.3. The van der Waals surface area contributed by atoms with E-state index in [0.29, 0.717) is 0 Å². The summed E-state index contributed by atoms with van der Waals surface area (Å²) in [5, 5.41) is 0. The monoisotopic (exact) mass is 232 g/mol. The van der Waals surface area contributed by atoms with E-state index in [1.54, 1.807) is 0 Å². The fourth-order valence-electron chi connectivity index (χ4n) is 3.16. The first kappa shape index (κ1) is 11.4. The van der Waals surface area contributed by atoms with Crippen LogP contribution < -0.4 is 0 Å². The van der Waals surface area contributed by atoms with E-state index in [9.17, 15) is 8.42 Å². The molecular weight excluding hydrogens is 212 g/mol. The lowest BCUT2D eigenvalue weighted by Crippen LogP contribution is -2.32. The van der Waals surface area contributed by atoms with Gasteiger partial charge in [0.1, 0.15) is 0 Å². The summed E-state index contributed by atoms with van der Waals surface area (Å²) in [6.45, 7) is 0. The van der Waals surface area contributed by atoms with E-state index in [1.165, 1.54) is 25.7 Å². The van der Waals surface area contributed by atoms with E-state index in [4.69, 9.17) is 4.18 Å². The second-order valence-corrected chi connectivity index (χ2v) is 6.64. The van der Waals surface area contributed by atoms with Crippen molar-refractivity contribution in [2.45, 2.75) is 51.0 Å². The van der Waals surface area contributed by atoms with Gasteiger partial charge in [0.05, 0.1) is 12.4 Å². The quantitative estimate of drug-likeness (QED) is 0.686. The summed E-state index contributed by atoms with van der Waals surface area (Å²) in [5.41, 5.74) is 0. The number of hydrogen-bond acceptors (Lipinski definition) is 3. The molecule has 0 aliphatic heterocycles. The lowest BCUT2D eigenvalue weighted by atomic mass is 9.70. The van der Waals surface area contributed by atoms with Crippen LogP contribution in [0.3, 0.4) is 0 Å². The molecule has 3 unspecified atom stereocenters. The van der Waals surface area contributed by atoms with Gasteiger partial charge in [-0.2, -0.15) is 8.42 Å². The Kier molecular flexibility index (Phi) is 3.36. The molecule has 3 atom stereocenters. The second kappa shape index (κ2) is 4.42. The predicted molar refractivity (Wildman–Crippen MR) is 59.0 cm³/mol. The average molecular weight is 232 g/mol. The van der Waals surface area contributed by atoms with Gasteiger partial charge in [0.15, 0.2) is 0 Å². The Morgan fingerprint density at radius 1 is 1.00 bits per heavy atom. The van der Waals surface area contributed by atoms with Gasteiger partial charge < -0.3 is 0 Å². The van der Waals surface area contributed by atoms with Gasteiger partial charge in [-0.15, -0.1) is 0 Å². The summed E-state index contributed by atoms with van der Waals surface area (Å²) in [6.07, 6.45) is 9.44. The topological polar surface area (TPSA) is 43.4 Å². The molecule has 2 fully saturated rings. The molecule has 0 saturated heterocycles. The van der Waals surface area contributed by atoms with Crippen molar-refractivity contribution in [1.29, 1.82) is 0 Å². The maximum atomic E-state index is 11.0. The molecule has 0 aromatic rings. The Morgan fingerprint density at radius 2 is 1.67 bits per heavy atom. The lowest BCUT2D eigenvalue weighted by molar-refractivity contribution is 0.0694. The summed E-state index contributed by atoms with van der Waals surface area (Å²) in [4.78, 5) is 0. The third-order valence-corrected chi connectivity index (χ3v) is 4.42. The molecule has 0 radical (unpaired) electrons. The molecule has 2 aliphatic rings. The van der Waals surface area contributed by atoms with Crippen LogP contribution in [0.1, 0.15) is 44.9 Å². The molecule has 0 aromatic carbocycles. The van der Waals surface area contributed by atoms with Gasteiger partial charge in [-0.25, -0.2) is 0 Å². The van der Waals surface area contributed by atoms with Crippen molar-refractivity contribution >= 4 is 10.1 Å². The van der Waals surface area contributed by atoms with Crippen LogP contribution in [-0.2, 0) is 14.3 Å². The summed E-state index contributed by atoms with van der Waals surface area (Å²) < 4.78 is 27.2. The van der Waals surface area contributed by atoms with Gasteiger partial charge in [-0.3, -0.25) is 4.18 Å². The Bertz CT molecular complexity index is 310. The second-order valence-electron chi connectivity index (χ2n) is 5.04. The maximum absolute atomic E-state index is 11.0. The first-order valence-electron chi connectivity index (χ1n) is 5.93. The highest BCUT2D eigenvalue weighted by atomic mass is 32.2. The van der Waals surface area contributed by atoms with Crippen molar-refractivity contribution in [1.82, 2.24) is 0 Å². The van der Waals surface area contributed by atoms with E-state index in [-0.39, 0.29) is 6.10 Å². The Labute approximate surface area is 92.3 Å². The third kappa shape index (κ3) is 3.18. The van der Waals surface area contributed by atoms with E-state index < -0.39 is 10.1 Å². The molecule has 0 bridgehead atoms.